The summed E-state index contributed by atoms with van der Waals surface area (Å²) < 4.78 is 14.0. The number of urea groups is 1. The van der Waals surface area contributed by atoms with Gasteiger partial charge in [0, 0.05) is 51.8 Å². The molecule has 41 heavy (non-hydrogen) atoms. The zero-order valence-electron chi connectivity index (χ0n) is 23.2. The van der Waals surface area contributed by atoms with Crippen molar-refractivity contribution in [2.45, 2.75) is 51.9 Å². The molecule has 2 aliphatic heterocycles. The molecule has 0 aliphatic carbocycles. The number of benzene rings is 2. The lowest BCUT2D eigenvalue weighted by atomic mass is 10.0. The largest absolute Gasteiger partial charge is 0.345 e. The molecule has 4 rings (SSSR count). The fourth-order valence-electron chi connectivity index (χ4n) is 4.93. The van der Waals surface area contributed by atoms with Crippen LogP contribution in [0.1, 0.15) is 43.4 Å². The number of nitrogens with zero attached hydrogens (tertiary/aromatic N) is 3. The Hall–Kier alpha value is -3.51. The molecular weight excluding hydrogens is 551 g/mol. The Morgan fingerprint density at radius 2 is 2.02 bits per heavy atom. The van der Waals surface area contributed by atoms with Crippen molar-refractivity contribution in [3.63, 3.8) is 0 Å². The van der Waals surface area contributed by atoms with Crippen molar-refractivity contribution in [1.29, 1.82) is 0 Å². The van der Waals surface area contributed by atoms with Crippen molar-refractivity contribution in [1.82, 2.24) is 31.0 Å². The zero-order valence-corrected chi connectivity index (χ0v) is 24.0. The molecule has 2 aromatic carbocycles. The first kappa shape index (κ1) is 30.4. The normalized spacial score (nSPS) is 17.1. The molecule has 1 saturated heterocycles. The number of fused-ring (bicyclic) bond motifs is 1. The number of amides is 4. The molecule has 2 aliphatic rings. The Morgan fingerprint density at radius 1 is 1.22 bits per heavy atom. The number of piperazine rings is 1. The lowest BCUT2D eigenvalue weighted by Gasteiger charge is -2.35. The van der Waals surface area contributed by atoms with Gasteiger partial charge in [0.1, 0.15) is 5.82 Å². The zero-order chi connectivity index (χ0) is 29.4. The van der Waals surface area contributed by atoms with Crippen LogP contribution in [0.2, 0.25) is 5.02 Å². The van der Waals surface area contributed by atoms with Crippen LogP contribution in [-0.2, 0) is 27.5 Å². The molecule has 0 spiro atoms. The lowest BCUT2D eigenvalue weighted by molar-refractivity contribution is -0.140. The minimum atomic E-state index is -0.625. The van der Waals surface area contributed by atoms with Gasteiger partial charge in [-0.1, -0.05) is 48.0 Å². The van der Waals surface area contributed by atoms with Gasteiger partial charge in [-0.3, -0.25) is 24.3 Å². The Bertz CT molecular complexity index is 1280. The summed E-state index contributed by atoms with van der Waals surface area (Å²) in [6.07, 6.45) is 3.97. The van der Waals surface area contributed by atoms with Crippen LogP contribution in [0.3, 0.4) is 0 Å². The maximum atomic E-state index is 14.0. The first-order valence-corrected chi connectivity index (χ1v) is 14.0. The van der Waals surface area contributed by atoms with Gasteiger partial charge in [0.2, 0.25) is 11.8 Å². The SMILES string of the molecule is CC(=O)N(NCc1cccc(F)c1Cl)[C@@H](CCC(=O)N1CCNC[C@@H]1C)CONC(=O)N1C=Cc2ccccc2C1. The van der Waals surface area contributed by atoms with E-state index in [4.69, 9.17) is 16.4 Å². The molecule has 12 heteroatoms. The summed E-state index contributed by atoms with van der Waals surface area (Å²) in [4.78, 5) is 47.5. The van der Waals surface area contributed by atoms with Gasteiger partial charge in [0.25, 0.3) is 0 Å². The van der Waals surface area contributed by atoms with E-state index in [0.717, 1.165) is 24.2 Å². The maximum Gasteiger partial charge on any atom is 0.345 e. The molecule has 2 aromatic rings. The van der Waals surface area contributed by atoms with E-state index in [1.165, 1.54) is 29.0 Å². The third-order valence-electron chi connectivity index (χ3n) is 7.21. The number of hydrogen-bond donors (Lipinski definition) is 3. The minimum absolute atomic E-state index is 0.0261. The van der Waals surface area contributed by atoms with Crippen molar-refractivity contribution in [3.05, 3.63) is 76.2 Å². The van der Waals surface area contributed by atoms with Crippen molar-refractivity contribution in [2.24, 2.45) is 0 Å². The van der Waals surface area contributed by atoms with Crippen molar-refractivity contribution >= 4 is 35.5 Å². The molecule has 3 N–H and O–H groups in total. The number of hydroxylamine groups is 1. The summed E-state index contributed by atoms with van der Waals surface area (Å²) in [5.74, 6) is -0.925. The molecule has 0 saturated carbocycles. The number of nitrogens with one attached hydrogen (secondary N) is 3. The quantitative estimate of drug-likeness (QED) is 0.368. The van der Waals surface area contributed by atoms with E-state index >= 15 is 0 Å². The minimum Gasteiger partial charge on any atom is -0.337 e. The standard InChI is InChI=1S/C29H36ClFN6O4/c1-20-16-32-13-15-36(20)27(39)11-10-25(37(21(2)38)33-17-23-8-5-9-26(31)28(23)30)19-41-34-29(40)35-14-12-22-6-3-4-7-24(22)18-35/h3-9,12,14,20,25,32-33H,10-11,13,15-19H2,1-2H3,(H,34,40)/t20-,25-/m0/s1. The van der Waals surface area contributed by atoms with E-state index < -0.39 is 17.9 Å². The van der Waals surface area contributed by atoms with Crippen LogP contribution in [0.25, 0.3) is 6.08 Å². The first-order valence-electron chi connectivity index (χ1n) is 13.7. The Kier molecular flexibility index (Phi) is 10.7. The summed E-state index contributed by atoms with van der Waals surface area (Å²) in [6.45, 7) is 5.78. The highest BCUT2D eigenvalue weighted by molar-refractivity contribution is 6.31. The summed E-state index contributed by atoms with van der Waals surface area (Å²) in [6, 6.07) is 11.2. The molecule has 0 radical (unpaired) electrons. The molecule has 2 heterocycles. The third-order valence-corrected chi connectivity index (χ3v) is 7.64. The predicted octanol–water partition coefficient (Wildman–Crippen LogP) is 3.43. The van der Waals surface area contributed by atoms with Gasteiger partial charge in [0.05, 0.1) is 24.2 Å². The molecule has 220 valence electrons. The average molecular weight is 587 g/mol. The lowest BCUT2D eigenvalue weighted by Crippen LogP contribution is -2.53. The second-order valence-electron chi connectivity index (χ2n) is 10.1. The smallest absolute Gasteiger partial charge is 0.337 e. The molecular formula is C29H36ClFN6O4. The molecule has 0 unspecified atom stereocenters. The first-order chi connectivity index (χ1) is 19.7. The van der Waals surface area contributed by atoms with Crippen LogP contribution in [0, 0.1) is 5.82 Å². The molecule has 0 bridgehead atoms. The second-order valence-corrected chi connectivity index (χ2v) is 10.5. The van der Waals surface area contributed by atoms with Crippen LogP contribution in [-0.4, -0.2) is 71.0 Å². The van der Waals surface area contributed by atoms with Gasteiger partial charge >= 0.3 is 6.03 Å². The summed E-state index contributed by atoms with van der Waals surface area (Å²) in [7, 11) is 0. The van der Waals surface area contributed by atoms with Crippen LogP contribution in [0.15, 0.2) is 48.7 Å². The Morgan fingerprint density at radius 3 is 2.80 bits per heavy atom. The Labute approximate surface area is 244 Å². The predicted molar refractivity (Wildman–Crippen MR) is 153 cm³/mol. The van der Waals surface area contributed by atoms with E-state index in [1.807, 2.05) is 42.2 Å². The van der Waals surface area contributed by atoms with E-state index in [1.54, 1.807) is 12.3 Å². The van der Waals surface area contributed by atoms with Gasteiger partial charge in [0.15, 0.2) is 0 Å². The van der Waals surface area contributed by atoms with Crippen LogP contribution < -0.4 is 16.2 Å². The van der Waals surface area contributed by atoms with Gasteiger partial charge in [-0.25, -0.2) is 20.1 Å². The van der Waals surface area contributed by atoms with Gasteiger partial charge < -0.3 is 10.2 Å². The van der Waals surface area contributed by atoms with E-state index in [2.05, 4.69) is 16.2 Å². The molecule has 4 amide bonds. The number of carbonyl (C=O) groups excluding carboxylic acids is 3. The molecule has 10 nitrogen and oxygen atoms in total. The van der Waals surface area contributed by atoms with E-state index in [9.17, 15) is 18.8 Å². The number of halogens is 2. The highest BCUT2D eigenvalue weighted by Gasteiger charge is 2.27. The van der Waals surface area contributed by atoms with Crippen molar-refractivity contribution < 1.29 is 23.6 Å². The number of hydrazine groups is 1. The van der Waals surface area contributed by atoms with Gasteiger partial charge in [-0.15, -0.1) is 0 Å². The third kappa shape index (κ3) is 8.04. The van der Waals surface area contributed by atoms with Gasteiger partial charge in [-0.2, -0.15) is 0 Å². The Balaban J connectivity index is 1.40. The summed E-state index contributed by atoms with van der Waals surface area (Å²) >= 11 is 6.11. The second kappa shape index (κ2) is 14.4. The number of rotatable bonds is 10. The van der Waals surface area contributed by atoms with Gasteiger partial charge in [-0.05, 0) is 42.2 Å². The number of hydrogen-bond acceptors (Lipinski definition) is 6. The topological polar surface area (TPSA) is 106 Å². The van der Waals surface area contributed by atoms with Crippen LogP contribution >= 0.6 is 11.6 Å². The van der Waals surface area contributed by atoms with Crippen molar-refractivity contribution in [3.8, 4) is 0 Å². The van der Waals surface area contributed by atoms with E-state index in [0.29, 0.717) is 18.7 Å². The van der Waals surface area contributed by atoms with Crippen LogP contribution in [0.5, 0.6) is 0 Å². The fraction of sp³-hybridized carbons (Fsp3) is 0.414. The highest BCUT2D eigenvalue weighted by atomic mass is 35.5. The van der Waals surface area contributed by atoms with Crippen molar-refractivity contribution in [2.75, 3.05) is 26.2 Å². The summed E-state index contributed by atoms with van der Waals surface area (Å²) in [5, 5.41) is 4.57. The maximum absolute atomic E-state index is 14.0. The number of carbonyl (C=O) groups is 3. The summed E-state index contributed by atoms with van der Waals surface area (Å²) in [5.41, 5.74) is 7.98. The van der Waals surface area contributed by atoms with E-state index in [-0.39, 0.29) is 48.9 Å². The molecule has 1 fully saturated rings. The molecule has 2 atom stereocenters. The average Bonchev–Trinajstić information content (AvgIpc) is 2.97. The molecule has 0 aromatic heterocycles. The highest BCUT2D eigenvalue weighted by Crippen LogP contribution is 2.21. The fourth-order valence-corrected chi connectivity index (χ4v) is 5.12. The van der Waals surface area contributed by atoms with Crippen LogP contribution in [0.4, 0.5) is 9.18 Å². The monoisotopic (exact) mass is 586 g/mol.